The van der Waals surface area contributed by atoms with Crippen LogP contribution < -0.4 is 10.6 Å². The quantitative estimate of drug-likeness (QED) is 0.828. The molecule has 0 aliphatic carbocycles. The normalized spacial score (nSPS) is 19.6. The first-order valence-electron chi connectivity index (χ1n) is 7.65. The van der Waals surface area contributed by atoms with Gasteiger partial charge in [-0.1, -0.05) is 12.1 Å². The Labute approximate surface area is 147 Å². The van der Waals surface area contributed by atoms with Gasteiger partial charge in [-0.25, -0.2) is 0 Å². The number of rotatable bonds is 4. The molecule has 2 atom stereocenters. The molecule has 1 aromatic heterocycles. The highest BCUT2D eigenvalue weighted by Gasteiger charge is 2.34. The molecule has 0 bridgehead atoms. The van der Waals surface area contributed by atoms with E-state index in [1.165, 1.54) is 6.92 Å². The molecule has 2 aromatic rings. The highest BCUT2D eigenvalue weighted by Crippen LogP contribution is 2.29. The summed E-state index contributed by atoms with van der Waals surface area (Å²) >= 11 is 0. The standard InChI is InChI=1S/C17H20N4O2.ClH/c1-11(22)12-4-3-5-14(6-12)20-17(23)16-9-18-8-15(16)13-7-19-21(2)10-13;/h3-7,10,15-16,18H,8-9H2,1-2H3,(H,20,23);1H/t15-,16+;/m1./s1. The van der Waals surface area contributed by atoms with Crippen LogP contribution in [0.2, 0.25) is 0 Å². The smallest absolute Gasteiger partial charge is 0.229 e. The Hall–Kier alpha value is -2.18. The molecule has 0 spiro atoms. The van der Waals surface area contributed by atoms with E-state index in [1.54, 1.807) is 28.9 Å². The lowest BCUT2D eigenvalue weighted by Gasteiger charge is -2.17. The number of hydrogen-bond acceptors (Lipinski definition) is 4. The summed E-state index contributed by atoms with van der Waals surface area (Å²) in [6, 6.07) is 7.03. The van der Waals surface area contributed by atoms with Crippen molar-refractivity contribution in [2.75, 3.05) is 18.4 Å². The molecule has 2 heterocycles. The fourth-order valence-corrected chi connectivity index (χ4v) is 2.99. The van der Waals surface area contributed by atoms with Crippen LogP contribution in [0.3, 0.4) is 0 Å². The molecule has 3 rings (SSSR count). The van der Waals surface area contributed by atoms with Crippen LogP contribution >= 0.6 is 12.4 Å². The fourth-order valence-electron chi connectivity index (χ4n) is 2.99. The van der Waals surface area contributed by atoms with Crippen LogP contribution in [0.15, 0.2) is 36.7 Å². The van der Waals surface area contributed by atoms with Gasteiger partial charge >= 0.3 is 0 Å². The largest absolute Gasteiger partial charge is 0.326 e. The number of anilines is 1. The Bertz CT molecular complexity index is 744. The van der Waals surface area contributed by atoms with Crippen molar-refractivity contribution in [3.05, 3.63) is 47.8 Å². The van der Waals surface area contributed by atoms with E-state index in [9.17, 15) is 9.59 Å². The van der Waals surface area contributed by atoms with Gasteiger partial charge in [0.05, 0.1) is 12.1 Å². The van der Waals surface area contributed by atoms with Crippen LogP contribution in [0.5, 0.6) is 0 Å². The zero-order valence-corrected chi connectivity index (χ0v) is 14.5. The second-order valence-electron chi connectivity index (χ2n) is 5.94. The minimum absolute atomic E-state index is 0. The zero-order valence-electron chi connectivity index (χ0n) is 13.7. The molecule has 128 valence electrons. The number of ketones is 1. The molecule has 0 saturated carbocycles. The van der Waals surface area contributed by atoms with E-state index in [2.05, 4.69) is 15.7 Å². The van der Waals surface area contributed by atoms with Crippen LogP contribution in [0, 0.1) is 5.92 Å². The number of aromatic nitrogens is 2. The predicted octanol–water partition coefficient (Wildman–Crippen LogP) is 1.99. The van der Waals surface area contributed by atoms with Crippen LogP contribution in [-0.4, -0.2) is 34.6 Å². The lowest BCUT2D eigenvalue weighted by atomic mass is 9.90. The van der Waals surface area contributed by atoms with E-state index < -0.39 is 0 Å². The molecule has 2 N–H and O–H groups in total. The molecule has 1 aromatic carbocycles. The first-order valence-corrected chi connectivity index (χ1v) is 7.65. The summed E-state index contributed by atoms with van der Waals surface area (Å²) < 4.78 is 1.75. The number of amides is 1. The third-order valence-corrected chi connectivity index (χ3v) is 4.24. The molecule has 1 saturated heterocycles. The number of carbonyl (C=O) groups excluding carboxylic acids is 2. The SMILES string of the molecule is CC(=O)c1cccc(NC(=O)[C@H]2CNC[C@@H]2c2cnn(C)c2)c1.Cl. The minimum atomic E-state index is -0.153. The highest BCUT2D eigenvalue weighted by molar-refractivity contribution is 5.98. The maximum Gasteiger partial charge on any atom is 0.229 e. The number of carbonyl (C=O) groups is 2. The fraction of sp³-hybridized carbons (Fsp3) is 0.353. The Morgan fingerprint density at radius 1 is 1.33 bits per heavy atom. The number of benzene rings is 1. The van der Waals surface area contributed by atoms with E-state index in [0.29, 0.717) is 17.8 Å². The van der Waals surface area contributed by atoms with Gasteiger partial charge in [0.1, 0.15) is 0 Å². The third-order valence-electron chi connectivity index (χ3n) is 4.24. The summed E-state index contributed by atoms with van der Waals surface area (Å²) in [6.45, 7) is 2.91. The molecule has 1 amide bonds. The van der Waals surface area contributed by atoms with Crippen molar-refractivity contribution < 1.29 is 9.59 Å². The number of halogens is 1. The number of aryl methyl sites for hydroxylation is 1. The number of nitrogens with one attached hydrogen (secondary N) is 2. The molecule has 1 fully saturated rings. The molecule has 7 heteroatoms. The van der Waals surface area contributed by atoms with Crippen LogP contribution in [0.4, 0.5) is 5.69 Å². The van der Waals surface area contributed by atoms with Gasteiger partial charge in [0.15, 0.2) is 5.78 Å². The van der Waals surface area contributed by atoms with Crippen LogP contribution in [0.1, 0.15) is 28.8 Å². The maximum absolute atomic E-state index is 12.6. The summed E-state index contributed by atoms with van der Waals surface area (Å²) in [7, 11) is 1.87. The lowest BCUT2D eigenvalue weighted by Crippen LogP contribution is -2.28. The van der Waals surface area contributed by atoms with Crippen LogP contribution in [-0.2, 0) is 11.8 Å². The highest BCUT2D eigenvalue weighted by atomic mass is 35.5. The van der Waals surface area contributed by atoms with Gasteiger partial charge in [-0.3, -0.25) is 14.3 Å². The molecule has 0 unspecified atom stereocenters. The monoisotopic (exact) mass is 348 g/mol. The van der Waals surface area contributed by atoms with E-state index >= 15 is 0 Å². The number of nitrogens with zero attached hydrogens (tertiary/aromatic N) is 2. The first-order chi connectivity index (χ1) is 11.0. The topological polar surface area (TPSA) is 76.0 Å². The van der Waals surface area contributed by atoms with Crippen molar-refractivity contribution in [1.82, 2.24) is 15.1 Å². The molecular formula is C17H21ClN4O2. The average Bonchev–Trinajstić information content (AvgIpc) is 3.15. The Kier molecular flexibility index (Phi) is 5.75. The van der Waals surface area contributed by atoms with Crippen molar-refractivity contribution >= 4 is 29.8 Å². The number of hydrogen-bond donors (Lipinski definition) is 2. The summed E-state index contributed by atoms with van der Waals surface area (Å²) in [5, 5.41) is 10.4. The first kappa shape index (κ1) is 18.2. The Balaban J connectivity index is 0.00000208. The van der Waals surface area contributed by atoms with Gasteiger partial charge in [-0.15, -0.1) is 12.4 Å². The zero-order chi connectivity index (χ0) is 16.4. The summed E-state index contributed by atoms with van der Waals surface area (Å²) in [6.07, 6.45) is 3.77. The second kappa shape index (κ2) is 7.59. The lowest BCUT2D eigenvalue weighted by molar-refractivity contribution is -0.119. The molecule has 1 aliphatic heterocycles. The average molecular weight is 349 g/mol. The summed E-state index contributed by atoms with van der Waals surface area (Å²) in [4.78, 5) is 24.1. The van der Waals surface area contributed by atoms with Gasteiger partial charge in [0.2, 0.25) is 5.91 Å². The Morgan fingerprint density at radius 2 is 2.12 bits per heavy atom. The molecule has 0 radical (unpaired) electrons. The summed E-state index contributed by atoms with van der Waals surface area (Å²) in [5.41, 5.74) is 2.31. The third kappa shape index (κ3) is 3.83. The number of Topliss-reactive ketones (excluding diaryl/α,β-unsaturated/α-hetero) is 1. The van der Waals surface area contributed by atoms with Gasteiger partial charge in [-0.2, -0.15) is 5.10 Å². The van der Waals surface area contributed by atoms with Crippen LogP contribution in [0.25, 0.3) is 0 Å². The second-order valence-corrected chi connectivity index (χ2v) is 5.94. The van der Waals surface area contributed by atoms with Gasteiger partial charge in [0, 0.05) is 43.5 Å². The van der Waals surface area contributed by atoms with Gasteiger partial charge in [0.25, 0.3) is 0 Å². The molecule has 1 aliphatic rings. The van der Waals surface area contributed by atoms with E-state index in [4.69, 9.17) is 0 Å². The van der Waals surface area contributed by atoms with E-state index in [1.807, 2.05) is 19.4 Å². The van der Waals surface area contributed by atoms with Crippen molar-refractivity contribution in [3.63, 3.8) is 0 Å². The van der Waals surface area contributed by atoms with Gasteiger partial charge in [-0.05, 0) is 24.6 Å². The molecular weight excluding hydrogens is 328 g/mol. The van der Waals surface area contributed by atoms with Gasteiger partial charge < -0.3 is 10.6 Å². The minimum Gasteiger partial charge on any atom is -0.326 e. The maximum atomic E-state index is 12.6. The van der Waals surface area contributed by atoms with Crippen molar-refractivity contribution in [2.45, 2.75) is 12.8 Å². The van der Waals surface area contributed by atoms with Crippen molar-refractivity contribution in [2.24, 2.45) is 13.0 Å². The van der Waals surface area contributed by atoms with Crippen molar-refractivity contribution in [1.29, 1.82) is 0 Å². The van der Waals surface area contributed by atoms with Crippen molar-refractivity contribution in [3.8, 4) is 0 Å². The van der Waals surface area contributed by atoms with E-state index in [0.717, 1.165) is 12.1 Å². The molecule has 24 heavy (non-hydrogen) atoms. The molecule has 6 nitrogen and oxygen atoms in total. The van der Waals surface area contributed by atoms with E-state index in [-0.39, 0.29) is 35.9 Å². The predicted molar refractivity (Wildman–Crippen MR) is 94.6 cm³/mol. The summed E-state index contributed by atoms with van der Waals surface area (Å²) in [5.74, 6) is -0.0960. The Morgan fingerprint density at radius 3 is 2.79 bits per heavy atom.